The molecule has 0 radical (unpaired) electrons. The summed E-state index contributed by atoms with van der Waals surface area (Å²) in [7, 11) is 0. The van der Waals surface area contributed by atoms with E-state index in [1.165, 1.54) is 0 Å². The van der Waals surface area contributed by atoms with E-state index in [0.29, 0.717) is 11.3 Å². The van der Waals surface area contributed by atoms with Crippen LogP contribution in [0.4, 0.5) is 11.4 Å². The Labute approximate surface area is 149 Å². The lowest BCUT2D eigenvalue weighted by atomic mass is 9.95. The van der Waals surface area contributed by atoms with Gasteiger partial charge in [0.25, 0.3) is 5.91 Å². The predicted octanol–water partition coefficient (Wildman–Crippen LogP) is 4.53. The highest BCUT2D eigenvalue weighted by Gasteiger charge is 2.21. The van der Waals surface area contributed by atoms with Crippen LogP contribution in [0.25, 0.3) is 0 Å². The molecule has 2 aromatic carbocycles. The van der Waals surface area contributed by atoms with Crippen molar-refractivity contribution in [3.05, 3.63) is 57.7 Å². The molecule has 2 amide bonds. The standard InChI is InChI=1S/C18H19IN2O2/c1-18(2,3)17(23)21-14-8-4-6-12(10-14)16(22)20-15-9-5-7-13(19)11-15/h4-11H,1-3H3,(H,20,22)(H,21,23). The van der Waals surface area contributed by atoms with Crippen LogP contribution in [0.1, 0.15) is 31.1 Å². The summed E-state index contributed by atoms with van der Waals surface area (Å²) < 4.78 is 1.05. The molecule has 120 valence electrons. The quantitative estimate of drug-likeness (QED) is 0.715. The number of hydrogen-bond acceptors (Lipinski definition) is 2. The van der Waals surface area contributed by atoms with Gasteiger partial charge in [0.15, 0.2) is 0 Å². The number of hydrogen-bond donors (Lipinski definition) is 2. The van der Waals surface area contributed by atoms with E-state index in [2.05, 4.69) is 33.2 Å². The van der Waals surface area contributed by atoms with Crippen molar-refractivity contribution in [1.82, 2.24) is 0 Å². The first kappa shape index (κ1) is 17.5. The summed E-state index contributed by atoms with van der Waals surface area (Å²) in [5, 5.41) is 5.68. The Morgan fingerprint density at radius 1 is 0.913 bits per heavy atom. The Kier molecular flexibility index (Phi) is 5.41. The molecule has 0 atom stereocenters. The molecule has 0 saturated heterocycles. The molecule has 5 heteroatoms. The van der Waals surface area contributed by atoms with Gasteiger partial charge in [-0.25, -0.2) is 0 Å². The van der Waals surface area contributed by atoms with Crippen LogP contribution in [0.5, 0.6) is 0 Å². The van der Waals surface area contributed by atoms with Gasteiger partial charge in [-0.2, -0.15) is 0 Å². The van der Waals surface area contributed by atoms with Crippen molar-refractivity contribution in [2.24, 2.45) is 5.41 Å². The van der Waals surface area contributed by atoms with Crippen molar-refractivity contribution in [2.45, 2.75) is 20.8 Å². The van der Waals surface area contributed by atoms with Crippen molar-refractivity contribution in [3.8, 4) is 0 Å². The minimum Gasteiger partial charge on any atom is -0.326 e. The van der Waals surface area contributed by atoms with Gasteiger partial charge in [-0.15, -0.1) is 0 Å². The molecule has 0 aliphatic heterocycles. The van der Waals surface area contributed by atoms with Gasteiger partial charge >= 0.3 is 0 Å². The Balaban J connectivity index is 2.13. The molecular formula is C18H19IN2O2. The van der Waals surface area contributed by atoms with Gasteiger partial charge in [-0.1, -0.05) is 32.9 Å². The van der Waals surface area contributed by atoms with Crippen LogP contribution >= 0.6 is 22.6 Å². The number of benzene rings is 2. The van der Waals surface area contributed by atoms with Crippen LogP contribution in [0.2, 0.25) is 0 Å². The Hall–Kier alpha value is -1.89. The van der Waals surface area contributed by atoms with Crippen LogP contribution < -0.4 is 10.6 Å². The molecule has 2 N–H and O–H groups in total. The molecular weight excluding hydrogens is 403 g/mol. The Bertz CT molecular complexity index is 736. The number of carbonyl (C=O) groups is 2. The highest BCUT2D eigenvalue weighted by atomic mass is 127. The van der Waals surface area contributed by atoms with E-state index in [-0.39, 0.29) is 11.8 Å². The van der Waals surface area contributed by atoms with Gasteiger partial charge in [0, 0.05) is 25.9 Å². The second-order valence-corrected chi connectivity index (χ2v) is 7.50. The zero-order valence-electron chi connectivity index (χ0n) is 13.3. The molecule has 0 fully saturated rings. The number of anilines is 2. The van der Waals surface area contributed by atoms with Crippen molar-refractivity contribution in [3.63, 3.8) is 0 Å². The molecule has 0 saturated carbocycles. The van der Waals surface area contributed by atoms with Gasteiger partial charge in [0.2, 0.25) is 5.91 Å². The van der Waals surface area contributed by atoms with Crippen LogP contribution in [-0.2, 0) is 4.79 Å². The van der Waals surface area contributed by atoms with E-state index in [1.54, 1.807) is 24.3 Å². The first-order valence-electron chi connectivity index (χ1n) is 7.24. The molecule has 4 nitrogen and oxygen atoms in total. The molecule has 0 unspecified atom stereocenters. The highest BCUT2D eigenvalue weighted by molar-refractivity contribution is 14.1. The van der Waals surface area contributed by atoms with Crippen molar-refractivity contribution in [2.75, 3.05) is 10.6 Å². The first-order valence-corrected chi connectivity index (χ1v) is 8.32. The number of amides is 2. The smallest absolute Gasteiger partial charge is 0.255 e. The van der Waals surface area contributed by atoms with Gasteiger partial charge in [0.05, 0.1) is 0 Å². The Morgan fingerprint density at radius 2 is 1.52 bits per heavy atom. The van der Waals surface area contributed by atoms with E-state index in [9.17, 15) is 9.59 Å². The molecule has 0 aliphatic carbocycles. The molecule has 2 rings (SSSR count). The molecule has 0 bridgehead atoms. The number of nitrogens with one attached hydrogen (secondary N) is 2. The molecule has 2 aromatic rings. The Morgan fingerprint density at radius 3 is 2.13 bits per heavy atom. The third-order valence-electron chi connectivity index (χ3n) is 3.15. The average molecular weight is 422 g/mol. The van der Waals surface area contributed by atoms with E-state index in [4.69, 9.17) is 0 Å². The fourth-order valence-electron chi connectivity index (χ4n) is 1.83. The second kappa shape index (κ2) is 7.12. The average Bonchev–Trinajstić information content (AvgIpc) is 2.46. The highest BCUT2D eigenvalue weighted by Crippen LogP contribution is 2.19. The fourth-order valence-corrected chi connectivity index (χ4v) is 2.37. The lowest BCUT2D eigenvalue weighted by molar-refractivity contribution is -0.123. The summed E-state index contributed by atoms with van der Waals surface area (Å²) in [6, 6.07) is 14.5. The van der Waals surface area contributed by atoms with E-state index < -0.39 is 5.41 Å². The SMILES string of the molecule is CC(C)(C)C(=O)Nc1cccc(C(=O)Nc2cccc(I)c2)c1. The van der Waals surface area contributed by atoms with E-state index in [0.717, 1.165) is 9.26 Å². The maximum Gasteiger partial charge on any atom is 0.255 e. The van der Waals surface area contributed by atoms with Crippen LogP contribution in [0, 0.1) is 8.99 Å². The summed E-state index contributed by atoms with van der Waals surface area (Å²) in [6.45, 7) is 5.53. The lowest BCUT2D eigenvalue weighted by Crippen LogP contribution is -2.27. The van der Waals surface area contributed by atoms with E-state index >= 15 is 0 Å². The summed E-state index contributed by atoms with van der Waals surface area (Å²) in [4.78, 5) is 24.4. The number of halogens is 1. The molecule has 0 aromatic heterocycles. The third-order valence-corrected chi connectivity index (χ3v) is 3.82. The second-order valence-electron chi connectivity index (χ2n) is 6.25. The van der Waals surface area contributed by atoms with Crippen molar-refractivity contribution in [1.29, 1.82) is 0 Å². The monoisotopic (exact) mass is 422 g/mol. The topological polar surface area (TPSA) is 58.2 Å². The largest absolute Gasteiger partial charge is 0.326 e. The number of carbonyl (C=O) groups excluding carboxylic acids is 2. The zero-order valence-corrected chi connectivity index (χ0v) is 15.5. The van der Waals surface area contributed by atoms with Gasteiger partial charge < -0.3 is 10.6 Å². The summed E-state index contributed by atoms with van der Waals surface area (Å²) in [5.41, 5.74) is 1.36. The minimum absolute atomic E-state index is 0.0901. The number of rotatable bonds is 3. The first-order chi connectivity index (χ1) is 10.8. The maximum absolute atomic E-state index is 12.3. The van der Waals surface area contributed by atoms with Gasteiger partial charge in [-0.3, -0.25) is 9.59 Å². The third kappa shape index (κ3) is 5.06. The van der Waals surface area contributed by atoms with Gasteiger partial charge in [-0.05, 0) is 59.0 Å². The van der Waals surface area contributed by atoms with Crippen molar-refractivity contribution >= 4 is 45.8 Å². The molecule has 0 spiro atoms. The summed E-state index contributed by atoms with van der Waals surface area (Å²) >= 11 is 2.19. The molecule has 0 heterocycles. The predicted molar refractivity (Wildman–Crippen MR) is 102 cm³/mol. The normalized spacial score (nSPS) is 11.0. The minimum atomic E-state index is -0.487. The summed E-state index contributed by atoms with van der Waals surface area (Å²) in [6.07, 6.45) is 0. The van der Waals surface area contributed by atoms with Crippen LogP contribution in [0.3, 0.4) is 0 Å². The fraction of sp³-hybridized carbons (Fsp3) is 0.222. The van der Waals surface area contributed by atoms with Crippen LogP contribution in [0.15, 0.2) is 48.5 Å². The molecule has 23 heavy (non-hydrogen) atoms. The van der Waals surface area contributed by atoms with Gasteiger partial charge in [0.1, 0.15) is 0 Å². The summed E-state index contributed by atoms with van der Waals surface area (Å²) in [5.74, 6) is -0.300. The van der Waals surface area contributed by atoms with E-state index in [1.807, 2.05) is 45.0 Å². The maximum atomic E-state index is 12.3. The lowest BCUT2D eigenvalue weighted by Gasteiger charge is -2.18. The molecule has 0 aliphatic rings. The van der Waals surface area contributed by atoms with Crippen molar-refractivity contribution < 1.29 is 9.59 Å². The zero-order chi connectivity index (χ0) is 17.0. The van der Waals surface area contributed by atoms with Crippen LogP contribution in [-0.4, -0.2) is 11.8 Å².